The van der Waals surface area contributed by atoms with Gasteiger partial charge in [0.05, 0.1) is 4.71 Å². The predicted molar refractivity (Wildman–Crippen MR) is 120 cm³/mol. The van der Waals surface area contributed by atoms with Crippen LogP contribution in [0.4, 0.5) is 0 Å². The topological polar surface area (TPSA) is 16.1 Å². The molecule has 5 heteroatoms. The highest BCUT2D eigenvalue weighted by Gasteiger charge is 2.34. The first-order chi connectivity index (χ1) is 13.0. The van der Waals surface area contributed by atoms with Crippen molar-refractivity contribution in [3.05, 3.63) is 81.5 Å². The molecule has 3 heterocycles. The molecule has 0 aliphatic carbocycles. The fraction of sp³-hybridized carbons (Fsp3) is 0.318. The second-order valence-corrected chi connectivity index (χ2v) is 9.32. The second-order valence-electron chi connectivity index (χ2n) is 6.87. The third kappa shape index (κ3) is 4.97. The van der Waals surface area contributed by atoms with Gasteiger partial charge in [-0.05, 0) is 43.2 Å². The zero-order valence-corrected chi connectivity index (χ0v) is 18.0. The van der Waals surface area contributed by atoms with Crippen LogP contribution in [0.2, 0.25) is 5.15 Å². The lowest BCUT2D eigenvalue weighted by Crippen LogP contribution is -2.32. The smallest absolute Gasteiger partial charge is 0.136 e. The van der Waals surface area contributed by atoms with Gasteiger partial charge < -0.3 is 4.90 Å². The van der Waals surface area contributed by atoms with Gasteiger partial charge in [-0.3, -0.25) is 0 Å². The second kappa shape index (κ2) is 9.29. The molecule has 2 nitrogen and oxygen atoms in total. The number of nitrogens with zero attached hydrogens (tertiary/aromatic N) is 2. The summed E-state index contributed by atoms with van der Waals surface area (Å²) in [7, 11) is 2.21. The summed E-state index contributed by atoms with van der Waals surface area (Å²) in [5.41, 5.74) is 5.34. The van der Waals surface area contributed by atoms with E-state index in [0.29, 0.717) is 11.1 Å². The molecule has 0 fully saturated rings. The lowest BCUT2D eigenvalue weighted by molar-refractivity contribution is 0.333. The minimum Gasteiger partial charge on any atom is -0.301 e. The Morgan fingerprint density at radius 2 is 2.04 bits per heavy atom. The third-order valence-electron chi connectivity index (χ3n) is 4.91. The van der Waals surface area contributed by atoms with E-state index in [9.17, 15) is 0 Å². The molecule has 4 rings (SSSR count). The number of hydrogen-bond acceptors (Lipinski definition) is 3. The van der Waals surface area contributed by atoms with Crippen molar-refractivity contribution in [1.29, 1.82) is 0 Å². The van der Waals surface area contributed by atoms with E-state index >= 15 is 0 Å². The van der Waals surface area contributed by atoms with Crippen LogP contribution in [0, 0.1) is 6.92 Å². The summed E-state index contributed by atoms with van der Waals surface area (Å²) in [5, 5.41) is 0.507. The molecule has 2 aliphatic heterocycles. The van der Waals surface area contributed by atoms with E-state index in [0.717, 1.165) is 25.1 Å². The van der Waals surface area contributed by atoms with E-state index in [1.165, 1.54) is 16.0 Å². The Bertz CT molecular complexity index is 850. The molecular weight excluding hydrogens is 395 g/mol. The Morgan fingerprint density at radius 3 is 2.70 bits per heavy atom. The predicted octanol–water partition coefficient (Wildman–Crippen LogP) is 6.36. The van der Waals surface area contributed by atoms with Crippen LogP contribution in [0.1, 0.15) is 29.0 Å². The molecule has 0 N–H and O–H groups in total. The molecule has 0 bridgehead atoms. The number of hydrogen-bond donors (Lipinski definition) is 0. The zero-order chi connectivity index (χ0) is 19.4. The maximum absolute atomic E-state index is 6.33. The van der Waals surface area contributed by atoms with Crippen LogP contribution < -0.4 is 0 Å². The summed E-state index contributed by atoms with van der Waals surface area (Å²) >= 11 is 13.8. The van der Waals surface area contributed by atoms with E-state index < -0.39 is 0 Å². The minimum atomic E-state index is 0.244. The summed E-state index contributed by atoms with van der Waals surface area (Å²) in [5.74, 6) is 0.538. The molecule has 2 aliphatic rings. The van der Waals surface area contributed by atoms with E-state index in [4.69, 9.17) is 23.2 Å². The summed E-state index contributed by atoms with van der Waals surface area (Å²) in [6, 6.07) is 12.4. The van der Waals surface area contributed by atoms with Gasteiger partial charge in [0.2, 0.25) is 0 Å². The van der Waals surface area contributed by atoms with Gasteiger partial charge in [0.25, 0.3) is 0 Å². The molecule has 27 heavy (non-hydrogen) atoms. The Labute approximate surface area is 176 Å². The normalized spacial score (nSPS) is 22.1. The maximum atomic E-state index is 6.33. The fourth-order valence-corrected chi connectivity index (χ4v) is 5.51. The van der Waals surface area contributed by atoms with Crippen molar-refractivity contribution in [2.45, 2.75) is 24.0 Å². The number of aromatic nitrogens is 1. The molecule has 1 aromatic carbocycles. The molecule has 0 saturated carbocycles. The van der Waals surface area contributed by atoms with Crippen LogP contribution in [0.25, 0.3) is 6.08 Å². The number of alkyl halides is 1. The Kier molecular flexibility index (Phi) is 7.04. The Morgan fingerprint density at radius 1 is 1.26 bits per heavy atom. The molecule has 0 amide bonds. The number of thioether (sulfide) groups is 1. The summed E-state index contributed by atoms with van der Waals surface area (Å²) in [6.07, 6.45) is 4.37. The van der Waals surface area contributed by atoms with Gasteiger partial charge in [0, 0.05) is 35.7 Å². The van der Waals surface area contributed by atoms with Crippen LogP contribution in [0.5, 0.6) is 0 Å². The Balaban J connectivity index is 0.000000197. The van der Waals surface area contributed by atoms with Crippen LogP contribution in [-0.4, -0.2) is 34.7 Å². The van der Waals surface area contributed by atoms with Gasteiger partial charge in [-0.15, -0.1) is 23.4 Å². The largest absolute Gasteiger partial charge is 0.301 e. The molecule has 142 valence electrons. The van der Waals surface area contributed by atoms with Crippen LogP contribution in [0.15, 0.2) is 59.7 Å². The van der Waals surface area contributed by atoms with Gasteiger partial charge in [-0.1, -0.05) is 54.6 Å². The summed E-state index contributed by atoms with van der Waals surface area (Å²) < 4.78 is 0.244. The number of likely N-dealkylation sites (N-methyl/N-ethyl adjacent to an activating group) is 1. The number of aryl methyl sites for hydroxylation is 1. The highest BCUT2D eigenvalue weighted by Crippen LogP contribution is 2.48. The van der Waals surface area contributed by atoms with E-state index in [1.807, 2.05) is 23.9 Å². The van der Waals surface area contributed by atoms with Gasteiger partial charge in [-0.2, -0.15) is 0 Å². The first kappa shape index (κ1) is 20.5. The molecule has 0 radical (unpaired) electrons. The lowest BCUT2D eigenvalue weighted by atomic mass is 9.84. The van der Waals surface area contributed by atoms with Crippen molar-refractivity contribution in [2.75, 3.05) is 20.1 Å². The van der Waals surface area contributed by atoms with Gasteiger partial charge in [0.15, 0.2) is 0 Å². The van der Waals surface area contributed by atoms with Crippen molar-refractivity contribution in [2.24, 2.45) is 0 Å². The van der Waals surface area contributed by atoms with Crippen molar-refractivity contribution in [3.63, 3.8) is 0 Å². The van der Waals surface area contributed by atoms with Crippen molar-refractivity contribution in [3.8, 4) is 0 Å². The molecule has 1 unspecified atom stereocenters. The van der Waals surface area contributed by atoms with Crippen LogP contribution in [-0.2, 0) is 0 Å². The average molecular weight is 419 g/mol. The molecule has 1 aromatic heterocycles. The molecule has 0 spiro atoms. The summed E-state index contributed by atoms with van der Waals surface area (Å²) in [6.45, 7) is 7.97. The number of benzene rings is 1. The zero-order valence-electron chi connectivity index (χ0n) is 15.7. The standard InChI is InChI=1S/C15H18ClNS.C7H6ClN/c1-10-5-3-4-6-11(10)13-8-17(2)9-14-12(13)7-15(16)18-14;1-2-6-4-3-5-9-7(6)8/h3-6,13,15H,7-9H2,1-2H3;2-5H,1H2/t13-,15?;/m0./s1. The molecule has 0 saturated heterocycles. The average Bonchev–Trinajstić information content (AvgIpc) is 3.02. The van der Waals surface area contributed by atoms with Crippen LogP contribution in [0.3, 0.4) is 0 Å². The maximum Gasteiger partial charge on any atom is 0.136 e. The van der Waals surface area contributed by atoms with Gasteiger partial charge in [-0.25, -0.2) is 4.98 Å². The van der Waals surface area contributed by atoms with Crippen molar-refractivity contribution < 1.29 is 0 Å². The van der Waals surface area contributed by atoms with E-state index in [1.54, 1.807) is 17.8 Å². The Hall–Kier alpha value is -1.26. The third-order valence-corrected chi connectivity index (χ3v) is 6.74. The van der Waals surface area contributed by atoms with Crippen LogP contribution >= 0.6 is 35.0 Å². The summed E-state index contributed by atoms with van der Waals surface area (Å²) in [4.78, 5) is 7.77. The van der Waals surface area contributed by atoms with E-state index in [-0.39, 0.29) is 4.71 Å². The monoisotopic (exact) mass is 418 g/mol. The SMILES string of the molecule is C=Cc1cccnc1Cl.Cc1ccccc1[C@@H]1CN(C)CC2=C1CC(Cl)S2. The molecular formula is C22H24Cl2N2S. The molecule has 2 atom stereocenters. The van der Waals surface area contributed by atoms with Crippen molar-refractivity contribution >= 4 is 41.0 Å². The van der Waals surface area contributed by atoms with E-state index in [2.05, 4.69) is 54.7 Å². The number of rotatable bonds is 2. The highest BCUT2D eigenvalue weighted by atomic mass is 35.5. The van der Waals surface area contributed by atoms with Crippen molar-refractivity contribution in [1.82, 2.24) is 9.88 Å². The minimum absolute atomic E-state index is 0.244. The van der Waals surface area contributed by atoms with Gasteiger partial charge in [0.1, 0.15) is 5.15 Å². The number of pyridine rings is 1. The molecule has 2 aromatic rings. The highest BCUT2D eigenvalue weighted by molar-refractivity contribution is 8.05. The fourth-order valence-electron chi connectivity index (χ4n) is 3.58. The van der Waals surface area contributed by atoms with Gasteiger partial charge >= 0.3 is 0 Å². The quantitative estimate of drug-likeness (QED) is 0.416. The number of halogens is 2. The first-order valence-corrected chi connectivity index (χ1v) is 10.7. The first-order valence-electron chi connectivity index (χ1n) is 8.99. The lowest BCUT2D eigenvalue weighted by Gasteiger charge is -2.32.